The number of hydrogen-bond donors (Lipinski definition) is 5. The minimum absolute atomic E-state index is 0.00909. The molecule has 11 amide bonds. The monoisotopic (exact) mass is 1320 g/mol. The summed E-state index contributed by atoms with van der Waals surface area (Å²) in [5.41, 5.74) is -2.23. The van der Waals surface area contributed by atoms with Gasteiger partial charge in [0.05, 0.1) is 19.3 Å². The van der Waals surface area contributed by atoms with Crippen molar-refractivity contribution in [1.29, 1.82) is 0 Å². The van der Waals surface area contributed by atoms with Crippen molar-refractivity contribution in [2.24, 2.45) is 41.4 Å². The van der Waals surface area contributed by atoms with Gasteiger partial charge in [0.1, 0.15) is 54.4 Å². The highest BCUT2D eigenvalue weighted by molar-refractivity contribution is 6.00. The summed E-state index contributed by atoms with van der Waals surface area (Å²) in [6.07, 6.45) is 2.76. The molecule has 0 bridgehead atoms. The van der Waals surface area contributed by atoms with Crippen molar-refractivity contribution in [3.05, 3.63) is 12.2 Å². The van der Waals surface area contributed by atoms with Crippen LogP contribution in [0.5, 0.6) is 0 Å². The zero-order valence-electron chi connectivity index (χ0n) is 61.7. The van der Waals surface area contributed by atoms with Crippen LogP contribution in [0.4, 0.5) is 0 Å². The van der Waals surface area contributed by atoms with Gasteiger partial charge in [0, 0.05) is 61.8 Å². The highest BCUT2D eigenvalue weighted by atomic mass is 16.5. The van der Waals surface area contributed by atoms with E-state index in [1.807, 2.05) is 69.2 Å². The van der Waals surface area contributed by atoms with Crippen LogP contribution < -0.4 is 21.3 Å². The number of rotatable bonds is 21. The Bertz CT molecular complexity index is 2520. The molecular formula is C68H124N12O13. The second-order valence-electron chi connectivity index (χ2n) is 28.0. The molecule has 1 rings (SSSR count). The Morgan fingerprint density at radius 2 is 1.00 bits per heavy atom. The van der Waals surface area contributed by atoms with Crippen LogP contribution >= 0.6 is 0 Å². The summed E-state index contributed by atoms with van der Waals surface area (Å²) >= 11 is 0. The van der Waals surface area contributed by atoms with Crippen LogP contribution in [0, 0.1) is 41.4 Å². The predicted molar refractivity (Wildman–Crippen MR) is 361 cm³/mol. The fourth-order valence-electron chi connectivity index (χ4n) is 11.8. The molecule has 0 aromatic heterocycles. The minimum Gasteiger partial charge on any atom is -0.390 e. The predicted octanol–water partition coefficient (Wildman–Crippen LogP) is 3.96. The first kappa shape index (κ1) is 84.8. The minimum atomic E-state index is -2.23. The summed E-state index contributed by atoms with van der Waals surface area (Å²) in [6.45, 7) is 34.6. The van der Waals surface area contributed by atoms with E-state index in [0.717, 1.165) is 9.80 Å². The zero-order valence-corrected chi connectivity index (χ0v) is 61.7. The number of ether oxygens (including phenoxy) is 1. The molecular weight excluding hydrogens is 1190 g/mol. The van der Waals surface area contributed by atoms with Gasteiger partial charge in [-0.25, -0.2) is 0 Å². The Morgan fingerprint density at radius 3 is 1.46 bits per heavy atom. The number of nitrogens with one attached hydrogen (secondary N) is 4. The Kier molecular flexibility index (Phi) is 35.5. The van der Waals surface area contributed by atoms with Crippen molar-refractivity contribution in [3.63, 3.8) is 0 Å². The first-order valence-electron chi connectivity index (χ1n) is 33.8. The second kappa shape index (κ2) is 39.0. The zero-order chi connectivity index (χ0) is 72.0. The van der Waals surface area contributed by atoms with Crippen molar-refractivity contribution >= 4 is 65.0 Å². The van der Waals surface area contributed by atoms with Gasteiger partial charge in [0.15, 0.2) is 0 Å². The highest BCUT2D eigenvalue weighted by Gasteiger charge is 2.55. The number of nitrogens with zero attached hydrogens (tertiary/aromatic N) is 8. The third kappa shape index (κ3) is 23.3. The van der Waals surface area contributed by atoms with Crippen LogP contribution in [0.25, 0.3) is 0 Å². The van der Waals surface area contributed by atoms with Crippen molar-refractivity contribution in [3.8, 4) is 0 Å². The molecule has 25 heteroatoms. The standard InChI is InChI=1S/C68H124N12O13/c1-27-31-32-46(17)57(82)56-61(86)71-49(28-2)63(88)73(20)39-54(81)74(21)50(35-40(5)6)60(85)72-55(44(13)14)66(91)75(22)51(36-41(7)8)59(84)69-47(18)58(83)70-48(19)62(87)76(23)52(37-42(9)10)64(89)77(24)53(38-43(11)12)65(90)79(26)68(45(15)16,67(92)78(56)25)93-34-33-80(29-3)30-4/h27,31,40-53,55-57,82H,28-30,32-39H2,1-26H3,(H,69,84)(H,70,83)(H,71,86)(H,72,85)/b31-27+/t46-,47+,48-,49+,50+,51+,52+,53+,55+,56+,57-,68+/m1/s1. The van der Waals surface area contributed by atoms with Crippen LogP contribution in [0.1, 0.15) is 170 Å². The van der Waals surface area contributed by atoms with Crippen LogP contribution in [-0.2, 0) is 57.5 Å². The van der Waals surface area contributed by atoms with Gasteiger partial charge in [-0.05, 0) is 108 Å². The molecule has 1 heterocycles. The summed E-state index contributed by atoms with van der Waals surface area (Å²) in [5, 5.41) is 23.5. The summed E-state index contributed by atoms with van der Waals surface area (Å²) in [6, 6.07) is -11.5. The number of hydrogen-bond acceptors (Lipinski definition) is 14. The maximum atomic E-state index is 16.1. The lowest BCUT2D eigenvalue weighted by Crippen LogP contribution is -2.70. The average Bonchev–Trinajstić information content (AvgIpc) is 0.875. The van der Waals surface area contributed by atoms with Crippen LogP contribution in [-0.4, -0.2) is 258 Å². The van der Waals surface area contributed by atoms with Gasteiger partial charge in [-0.3, -0.25) is 52.7 Å². The number of allylic oxidation sites excluding steroid dienone is 2. The number of aliphatic hydroxyl groups excluding tert-OH is 1. The summed E-state index contributed by atoms with van der Waals surface area (Å²) in [7, 11) is 9.85. The molecule has 1 aliphatic heterocycles. The fourth-order valence-corrected chi connectivity index (χ4v) is 11.8. The van der Waals surface area contributed by atoms with Gasteiger partial charge in [-0.2, -0.15) is 0 Å². The third-order valence-corrected chi connectivity index (χ3v) is 17.9. The number of carbonyl (C=O) groups is 11. The molecule has 12 atom stereocenters. The van der Waals surface area contributed by atoms with E-state index in [0.29, 0.717) is 19.6 Å². The molecule has 5 N–H and O–H groups in total. The quantitative estimate of drug-likeness (QED) is 0.102. The summed E-state index contributed by atoms with van der Waals surface area (Å²) in [4.78, 5) is 174. The Balaban J connectivity index is 4.60. The lowest BCUT2D eigenvalue weighted by atomic mass is 9.89. The molecule has 93 heavy (non-hydrogen) atoms. The second-order valence-corrected chi connectivity index (χ2v) is 28.0. The van der Waals surface area contributed by atoms with E-state index in [1.54, 1.807) is 60.6 Å². The number of aliphatic hydroxyl groups is 1. The van der Waals surface area contributed by atoms with E-state index in [1.165, 1.54) is 87.7 Å². The first-order valence-corrected chi connectivity index (χ1v) is 33.8. The van der Waals surface area contributed by atoms with Crippen molar-refractivity contribution < 1.29 is 62.6 Å². The largest absolute Gasteiger partial charge is 0.390 e. The van der Waals surface area contributed by atoms with E-state index in [4.69, 9.17) is 4.74 Å². The molecule has 25 nitrogen and oxygen atoms in total. The van der Waals surface area contributed by atoms with Gasteiger partial charge in [-0.15, -0.1) is 0 Å². The molecule has 0 unspecified atom stereocenters. The fraction of sp³-hybridized carbons (Fsp3) is 0.809. The maximum Gasteiger partial charge on any atom is 0.276 e. The normalized spacial score (nSPS) is 26.5. The van der Waals surface area contributed by atoms with Gasteiger partial charge < -0.3 is 70.3 Å². The Hall–Kier alpha value is -6.21. The molecule has 0 aromatic rings. The van der Waals surface area contributed by atoms with Gasteiger partial charge in [0.25, 0.3) is 5.91 Å². The van der Waals surface area contributed by atoms with E-state index in [9.17, 15) is 38.7 Å². The number of likely N-dealkylation sites (N-methyl/N-ethyl adjacent to an activating group) is 8. The van der Waals surface area contributed by atoms with Gasteiger partial charge >= 0.3 is 0 Å². The number of amides is 11. The van der Waals surface area contributed by atoms with Crippen molar-refractivity contribution in [1.82, 2.24) is 60.5 Å². The molecule has 0 spiro atoms. The van der Waals surface area contributed by atoms with Crippen molar-refractivity contribution in [2.45, 2.75) is 236 Å². The molecule has 0 saturated carbocycles. The summed E-state index contributed by atoms with van der Waals surface area (Å²) < 4.78 is 6.83. The van der Waals surface area contributed by atoms with Crippen LogP contribution in [0.3, 0.4) is 0 Å². The molecule has 1 fully saturated rings. The van der Waals surface area contributed by atoms with E-state index < -0.39 is 155 Å². The van der Waals surface area contributed by atoms with Gasteiger partial charge in [0.2, 0.25) is 64.8 Å². The Morgan fingerprint density at radius 1 is 0.548 bits per heavy atom. The highest BCUT2D eigenvalue weighted by Crippen LogP contribution is 2.33. The van der Waals surface area contributed by atoms with E-state index >= 15 is 19.2 Å². The first-order chi connectivity index (χ1) is 43.1. The average molecular weight is 1320 g/mol. The third-order valence-electron chi connectivity index (χ3n) is 17.9. The van der Waals surface area contributed by atoms with E-state index in [2.05, 4.69) is 26.2 Å². The van der Waals surface area contributed by atoms with Crippen LogP contribution in [0.2, 0.25) is 0 Å². The molecule has 1 aliphatic rings. The molecule has 0 aromatic carbocycles. The Labute approximate surface area is 557 Å². The number of carbonyl (C=O) groups excluding carboxylic acids is 11. The molecule has 534 valence electrons. The lowest BCUT2D eigenvalue weighted by molar-refractivity contribution is -0.209. The topological polar surface area (TPSA) is 291 Å². The SMILES string of the molecule is C/C=C/C[C@@H](C)[C@@H](O)[C@H]1C(=O)N[C@@H](CC)C(=O)N(C)CC(=O)N(C)[C@@H](CC(C)C)C(=O)N[C@@H](C(C)C)C(=O)N(C)[C@@H](CC(C)C)C(=O)N[C@@H](C)C(=O)N[C@H](C)C(=O)N(C)[C@@H](CC(C)C)C(=O)N(C)[C@@H](CC(C)C)C(=O)N(C)[C@](OCCN(CC)CC)(C(C)C)C(=O)N1C. The lowest BCUT2D eigenvalue weighted by Gasteiger charge is -2.48. The van der Waals surface area contributed by atoms with Gasteiger partial charge in [-0.1, -0.05) is 123 Å². The van der Waals surface area contributed by atoms with E-state index in [-0.39, 0.29) is 68.8 Å². The van der Waals surface area contributed by atoms with Crippen molar-refractivity contribution in [2.75, 3.05) is 82.1 Å². The molecule has 1 saturated heterocycles. The smallest absolute Gasteiger partial charge is 0.276 e. The van der Waals surface area contributed by atoms with Crippen LogP contribution in [0.15, 0.2) is 12.2 Å². The molecule has 0 aliphatic carbocycles. The maximum absolute atomic E-state index is 16.1. The summed E-state index contributed by atoms with van der Waals surface area (Å²) in [5.74, 6) is -10.6. The molecule has 0 radical (unpaired) electrons.